The van der Waals surface area contributed by atoms with E-state index in [1.165, 1.54) is 0 Å². The van der Waals surface area contributed by atoms with Crippen molar-refractivity contribution in [3.05, 3.63) is 0 Å². The van der Waals surface area contributed by atoms with E-state index in [2.05, 4.69) is 16.7 Å². The van der Waals surface area contributed by atoms with Crippen molar-refractivity contribution in [2.24, 2.45) is 0 Å². The number of piperazine rings is 1. The zero-order valence-corrected chi connectivity index (χ0v) is 10.6. The fraction of sp³-hybridized carbons (Fsp3) is 0.917. The molecule has 0 aromatic heterocycles. The Morgan fingerprint density at radius 1 is 1.12 bits per heavy atom. The van der Waals surface area contributed by atoms with Crippen LogP contribution in [0, 0.1) is 0 Å². The molecule has 2 saturated heterocycles. The maximum absolute atomic E-state index is 10.8. The SMILES string of the molecule is CCN1CCN(C2CCN(C(=O)O)CC2)CC1. The molecule has 0 aromatic carbocycles. The summed E-state index contributed by atoms with van der Waals surface area (Å²) in [6.07, 6.45) is 1.23. The molecule has 2 rings (SSSR count). The minimum atomic E-state index is -0.765. The first-order valence-electron chi connectivity index (χ1n) is 6.65. The van der Waals surface area contributed by atoms with Gasteiger partial charge in [0, 0.05) is 45.3 Å². The van der Waals surface area contributed by atoms with Crippen LogP contribution in [-0.4, -0.2) is 77.8 Å². The first kappa shape index (κ1) is 12.6. The van der Waals surface area contributed by atoms with Crippen molar-refractivity contribution in [2.75, 3.05) is 45.8 Å². The Bertz CT molecular complexity index is 256. The molecule has 0 unspecified atom stereocenters. The number of hydrogen-bond acceptors (Lipinski definition) is 3. The monoisotopic (exact) mass is 241 g/mol. The van der Waals surface area contributed by atoms with Gasteiger partial charge in [0.2, 0.25) is 0 Å². The first-order valence-corrected chi connectivity index (χ1v) is 6.65. The summed E-state index contributed by atoms with van der Waals surface area (Å²) in [5.41, 5.74) is 0. The average molecular weight is 241 g/mol. The van der Waals surface area contributed by atoms with Gasteiger partial charge in [-0.15, -0.1) is 0 Å². The van der Waals surface area contributed by atoms with E-state index in [0.29, 0.717) is 19.1 Å². The molecule has 5 heteroatoms. The van der Waals surface area contributed by atoms with E-state index >= 15 is 0 Å². The number of rotatable bonds is 2. The van der Waals surface area contributed by atoms with E-state index in [-0.39, 0.29) is 0 Å². The van der Waals surface area contributed by atoms with E-state index in [9.17, 15) is 4.79 Å². The molecule has 1 N–H and O–H groups in total. The summed E-state index contributed by atoms with van der Waals surface area (Å²) in [5.74, 6) is 0. The van der Waals surface area contributed by atoms with Crippen molar-refractivity contribution < 1.29 is 9.90 Å². The van der Waals surface area contributed by atoms with E-state index in [1.54, 1.807) is 4.90 Å². The van der Waals surface area contributed by atoms with Gasteiger partial charge in [0.15, 0.2) is 0 Å². The minimum Gasteiger partial charge on any atom is -0.465 e. The van der Waals surface area contributed by atoms with E-state index in [1.807, 2.05) is 0 Å². The number of hydrogen-bond donors (Lipinski definition) is 1. The molecule has 1 amide bonds. The van der Waals surface area contributed by atoms with Crippen LogP contribution in [0.1, 0.15) is 19.8 Å². The largest absolute Gasteiger partial charge is 0.465 e. The molecule has 0 aliphatic carbocycles. The highest BCUT2D eigenvalue weighted by atomic mass is 16.4. The first-order chi connectivity index (χ1) is 8.20. The minimum absolute atomic E-state index is 0.601. The molecule has 0 saturated carbocycles. The van der Waals surface area contributed by atoms with Crippen LogP contribution in [0.2, 0.25) is 0 Å². The molecule has 0 aromatic rings. The Labute approximate surface area is 103 Å². The Morgan fingerprint density at radius 2 is 1.71 bits per heavy atom. The van der Waals surface area contributed by atoms with Crippen molar-refractivity contribution in [2.45, 2.75) is 25.8 Å². The Morgan fingerprint density at radius 3 is 2.18 bits per heavy atom. The van der Waals surface area contributed by atoms with Crippen molar-refractivity contribution in [3.63, 3.8) is 0 Å². The lowest BCUT2D eigenvalue weighted by molar-refractivity contribution is 0.0600. The van der Waals surface area contributed by atoms with Crippen LogP contribution >= 0.6 is 0 Å². The third-order valence-electron chi connectivity index (χ3n) is 4.11. The molecule has 98 valence electrons. The highest BCUT2D eigenvalue weighted by Gasteiger charge is 2.28. The molecule has 2 aliphatic heterocycles. The van der Waals surface area contributed by atoms with Gasteiger partial charge in [-0.2, -0.15) is 0 Å². The predicted octanol–water partition coefficient (Wildman–Crippen LogP) is 0.766. The van der Waals surface area contributed by atoms with Crippen molar-refractivity contribution >= 4 is 6.09 Å². The summed E-state index contributed by atoms with van der Waals surface area (Å²) < 4.78 is 0. The van der Waals surface area contributed by atoms with Gasteiger partial charge in [-0.1, -0.05) is 6.92 Å². The quantitative estimate of drug-likeness (QED) is 0.775. The highest BCUT2D eigenvalue weighted by Crippen LogP contribution is 2.18. The summed E-state index contributed by atoms with van der Waals surface area (Å²) in [6, 6.07) is 0.601. The number of carboxylic acid groups (broad SMARTS) is 1. The van der Waals surface area contributed by atoms with Crippen molar-refractivity contribution in [3.8, 4) is 0 Å². The van der Waals surface area contributed by atoms with Gasteiger partial charge < -0.3 is 14.9 Å². The summed E-state index contributed by atoms with van der Waals surface area (Å²) in [4.78, 5) is 17.4. The number of amides is 1. The zero-order valence-electron chi connectivity index (χ0n) is 10.6. The second kappa shape index (κ2) is 5.69. The smallest absolute Gasteiger partial charge is 0.407 e. The second-order valence-corrected chi connectivity index (χ2v) is 4.97. The van der Waals surface area contributed by atoms with Crippen molar-refractivity contribution in [1.82, 2.24) is 14.7 Å². The molecule has 17 heavy (non-hydrogen) atoms. The van der Waals surface area contributed by atoms with Crippen LogP contribution in [0.4, 0.5) is 4.79 Å². The average Bonchev–Trinajstić information content (AvgIpc) is 2.39. The van der Waals surface area contributed by atoms with Crippen LogP contribution in [0.25, 0.3) is 0 Å². The number of likely N-dealkylation sites (tertiary alicyclic amines) is 1. The summed E-state index contributed by atoms with van der Waals surface area (Å²) in [6.45, 7) is 9.37. The van der Waals surface area contributed by atoms with E-state index in [4.69, 9.17) is 5.11 Å². The third kappa shape index (κ3) is 3.10. The number of nitrogens with zero attached hydrogens (tertiary/aromatic N) is 3. The van der Waals surface area contributed by atoms with Gasteiger partial charge in [0.05, 0.1) is 0 Å². The maximum Gasteiger partial charge on any atom is 0.407 e. The lowest BCUT2D eigenvalue weighted by atomic mass is 10.0. The molecule has 0 bridgehead atoms. The highest BCUT2D eigenvalue weighted by molar-refractivity contribution is 5.65. The van der Waals surface area contributed by atoms with Crippen LogP contribution < -0.4 is 0 Å². The fourth-order valence-electron chi connectivity index (χ4n) is 2.87. The molecule has 2 heterocycles. The van der Waals surface area contributed by atoms with Crippen LogP contribution in [0.5, 0.6) is 0 Å². The summed E-state index contributed by atoms with van der Waals surface area (Å²) >= 11 is 0. The Kier molecular flexibility index (Phi) is 4.23. The lowest BCUT2D eigenvalue weighted by Gasteiger charge is -2.42. The molecule has 0 atom stereocenters. The van der Waals surface area contributed by atoms with Crippen LogP contribution in [-0.2, 0) is 0 Å². The summed E-state index contributed by atoms with van der Waals surface area (Å²) in [5, 5.41) is 8.91. The zero-order chi connectivity index (χ0) is 12.3. The third-order valence-corrected chi connectivity index (χ3v) is 4.11. The normalized spacial score (nSPS) is 25.1. The van der Waals surface area contributed by atoms with E-state index < -0.39 is 6.09 Å². The Balaban J connectivity index is 1.76. The molecule has 5 nitrogen and oxygen atoms in total. The molecule has 2 aliphatic rings. The second-order valence-electron chi connectivity index (χ2n) is 4.97. The van der Waals surface area contributed by atoms with Gasteiger partial charge >= 0.3 is 6.09 Å². The maximum atomic E-state index is 10.8. The van der Waals surface area contributed by atoms with Crippen LogP contribution in [0.15, 0.2) is 0 Å². The van der Waals surface area contributed by atoms with Gasteiger partial charge in [0.25, 0.3) is 0 Å². The van der Waals surface area contributed by atoms with Gasteiger partial charge in [-0.25, -0.2) is 4.79 Å². The Hall–Kier alpha value is -0.810. The van der Waals surface area contributed by atoms with Crippen LogP contribution in [0.3, 0.4) is 0 Å². The van der Waals surface area contributed by atoms with Gasteiger partial charge in [-0.05, 0) is 19.4 Å². The predicted molar refractivity (Wildman–Crippen MR) is 66.3 cm³/mol. The molecule has 0 radical (unpaired) electrons. The fourth-order valence-corrected chi connectivity index (χ4v) is 2.87. The standard InChI is InChI=1S/C12H23N3O2/c1-2-13-7-9-14(10-8-13)11-3-5-15(6-4-11)12(16)17/h11H,2-10H2,1H3,(H,16,17). The summed E-state index contributed by atoms with van der Waals surface area (Å²) in [7, 11) is 0. The van der Waals surface area contributed by atoms with Gasteiger partial charge in [0.1, 0.15) is 0 Å². The number of piperidine rings is 1. The molecular weight excluding hydrogens is 218 g/mol. The number of likely N-dealkylation sites (N-methyl/N-ethyl adjacent to an activating group) is 1. The van der Waals surface area contributed by atoms with E-state index in [0.717, 1.165) is 45.6 Å². The molecule has 2 fully saturated rings. The van der Waals surface area contributed by atoms with Gasteiger partial charge in [-0.3, -0.25) is 4.90 Å². The number of carbonyl (C=O) groups is 1. The van der Waals surface area contributed by atoms with Crippen molar-refractivity contribution in [1.29, 1.82) is 0 Å². The topological polar surface area (TPSA) is 47.0 Å². The lowest BCUT2D eigenvalue weighted by Crippen LogP contribution is -2.53. The molecular formula is C12H23N3O2. The molecule has 0 spiro atoms.